The van der Waals surface area contributed by atoms with Crippen LogP contribution in [-0.4, -0.2) is 25.6 Å². The van der Waals surface area contributed by atoms with E-state index in [4.69, 9.17) is 11.6 Å². The molecule has 1 fully saturated rings. The van der Waals surface area contributed by atoms with E-state index < -0.39 is 6.61 Å². The first kappa shape index (κ1) is 17.9. The lowest BCUT2D eigenvalue weighted by molar-refractivity contribution is -0.120. The molecule has 0 spiro atoms. The Morgan fingerprint density at radius 2 is 2.05 bits per heavy atom. The second-order valence-corrected chi connectivity index (χ2v) is 4.94. The molecule has 1 heterocycles. The molecule has 1 saturated heterocycles. The lowest BCUT2D eigenvalue weighted by Crippen LogP contribution is -2.34. The highest BCUT2D eigenvalue weighted by Crippen LogP contribution is 2.29. The number of rotatable bonds is 4. The summed E-state index contributed by atoms with van der Waals surface area (Å²) < 4.78 is 28.4. The average Bonchev–Trinajstić information content (AvgIpc) is 2.42. The van der Waals surface area contributed by atoms with Gasteiger partial charge in [-0.25, -0.2) is 0 Å². The maximum absolute atomic E-state index is 12.1. The molecule has 2 rings (SSSR count). The summed E-state index contributed by atoms with van der Waals surface area (Å²) in [5, 5.41) is 5.95. The minimum absolute atomic E-state index is 0. The Morgan fingerprint density at radius 1 is 1.38 bits per heavy atom. The smallest absolute Gasteiger partial charge is 0.387 e. The molecular weight excluding hydrogens is 325 g/mol. The van der Waals surface area contributed by atoms with E-state index in [1.807, 2.05) is 0 Å². The minimum Gasteiger partial charge on any atom is -0.433 e. The molecule has 8 heteroatoms. The van der Waals surface area contributed by atoms with Crippen LogP contribution in [0.1, 0.15) is 12.8 Å². The van der Waals surface area contributed by atoms with Gasteiger partial charge in [0.2, 0.25) is 5.91 Å². The van der Waals surface area contributed by atoms with Crippen molar-refractivity contribution in [3.05, 3.63) is 23.2 Å². The Labute approximate surface area is 132 Å². The number of nitrogens with one attached hydrogen (secondary N) is 2. The Morgan fingerprint density at radius 3 is 2.62 bits per heavy atom. The first-order chi connectivity index (χ1) is 9.56. The Balaban J connectivity index is 0.00000220. The summed E-state index contributed by atoms with van der Waals surface area (Å²) in [6.07, 6.45) is 1.57. The summed E-state index contributed by atoms with van der Waals surface area (Å²) in [6, 6.07) is 4.20. The van der Waals surface area contributed by atoms with Gasteiger partial charge >= 0.3 is 6.61 Å². The number of carbonyl (C=O) groups excluding carboxylic acids is 1. The van der Waals surface area contributed by atoms with Gasteiger partial charge in [0, 0.05) is 11.6 Å². The SMILES string of the molecule is Cl.O=C(Nc1ccc(OC(F)F)c(Cl)c1)C1CCNCC1. The van der Waals surface area contributed by atoms with E-state index in [1.54, 1.807) is 0 Å². The number of ether oxygens (including phenoxy) is 1. The van der Waals surface area contributed by atoms with E-state index in [9.17, 15) is 13.6 Å². The van der Waals surface area contributed by atoms with Crippen LogP contribution in [0.3, 0.4) is 0 Å². The summed E-state index contributed by atoms with van der Waals surface area (Å²) in [6.45, 7) is -1.29. The highest BCUT2D eigenvalue weighted by atomic mass is 35.5. The van der Waals surface area contributed by atoms with E-state index in [-0.39, 0.29) is 35.0 Å². The van der Waals surface area contributed by atoms with Crippen LogP contribution in [0.2, 0.25) is 5.02 Å². The van der Waals surface area contributed by atoms with Gasteiger partial charge in [-0.3, -0.25) is 4.79 Å². The zero-order valence-corrected chi connectivity index (χ0v) is 12.6. The van der Waals surface area contributed by atoms with Crippen molar-refractivity contribution in [1.29, 1.82) is 0 Å². The number of hydrogen-bond acceptors (Lipinski definition) is 3. The molecule has 0 unspecified atom stereocenters. The van der Waals surface area contributed by atoms with Gasteiger partial charge in [0.25, 0.3) is 0 Å². The number of benzene rings is 1. The highest BCUT2D eigenvalue weighted by molar-refractivity contribution is 6.32. The topological polar surface area (TPSA) is 50.4 Å². The fourth-order valence-corrected chi connectivity index (χ4v) is 2.32. The molecule has 0 bridgehead atoms. The number of amides is 1. The molecule has 21 heavy (non-hydrogen) atoms. The zero-order valence-electron chi connectivity index (χ0n) is 11.1. The maximum Gasteiger partial charge on any atom is 0.387 e. The number of alkyl halides is 2. The fraction of sp³-hybridized carbons (Fsp3) is 0.462. The fourth-order valence-electron chi connectivity index (χ4n) is 2.10. The Bertz CT molecular complexity index is 483. The summed E-state index contributed by atoms with van der Waals surface area (Å²) >= 11 is 5.82. The second-order valence-electron chi connectivity index (χ2n) is 4.54. The molecule has 118 valence electrons. The summed E-state index contributed by atoms with van der Waals surface area (Å²) in [7, 11) is 0. The third-order valence-electron chi connectivity index (χ3n) is 3.13. The van der Waals surface area contributed by atoms with Crippen LogP contribution in [0.4, 0.5) is 14.5 Å². The Kier molecular flexibility index (Phi) is 7.14. The molecule has 0 aromatic heterocycles. The van der Waals surface area contributed by atoms with Crippen molar-refractivity contribution in [3.8, 4) is 5.75 Å². The van der Waals surface area contributed by atoms with Crippen molar-refractivity contribution in [2.75, 3.05) is 18.4 Å². The van der Waals surface area contributed by atoms with Gasteiger partial charge in [-0.1, -0.05) is 11.6 Å². The van der Waals surface area contributed by atoms with Crippen LogP contribution >= 0.6 is 24.0 Å². The molecule has 2 N–H and O–H groups in total. The maximum atomic E-state index is 12.1. The average molecular weight is 341 g/mol. The van der Waals surface area contributed by atoms with Gasteiger partial charge in [0.15, 0.2) is 0 Å². The van der Waals surface area contributed by atoms with Crippen molar-refractivity contribution in [2.45, 2.75) is 19.5 Å². The lowest BCUT2D eigenvalue weighted by Gasteiger charge is -2.21. The van der Waals surface area contributed by atoms with Crippen LogP contribution in [0, 0.1) is 5.92 Å². The van der Waals surface area contributed by atoms with Crippen molar-refractivity contribution in [1.82, 2.24) is 5.32 Å². The molecule has 1 aromatic rings. The van der Waals surface area contributed by atoms with E-state index >= 15 is 0 Å². The number of halogens is 4. The van der Waals surface area contributed by atoms with E-state index in [1.165, 1.54) is 18.2 Å². The van der Waals surface area contributed by atoms with E-state index in [2.05, 4.69) is 15.4 Å². The van der Waals surface area contributed by atoms with E-state index in [0.29, 0.717) is 5.69 Å². The van der Waals surface area contributed by atoms with Gasteiger partial charge in [-0.2, -0.15) is 8.78 Å². The summed E-state index contributed by atoms with van der Waals surface area (Å²) in [4.78, 5) is 12.0. The first-order valence-electron chi connectivity index (χ1n) is 6.32. The third kappa shape index (κ3) is 5.30. The first-order valence-corrected chi connectivity index (χ1v) is 6.70. The van der Waals surface area contributed by atoms with E-state index in [0.717, 1.165) is 25.9 Å². The second kappa shape index (κ2) is 8.36. The standard InChI is InChI=1S/C13H15ClF2N2O2.ClH/c14-10-7-9(1-2-11(10)20-13(15)16)18-12(19)8-3-5-17-6-4-8;/h1-2,7-8,13,17H,3-6H2,(H,18,19);1H. The van der Waals surface area contributed by atoms with Crippen molar-refractivity contribution >= 4 is 35.6 Å². The molecule has 0 aliphatic carbocycles. The zero-order chi connectivity index (χ0) is 14.5. The lowest BCUT2D eigenvalue weighted by atomic mass is 9.97. The number of carbonyl (C=O) groups is 1. The normalized spacial score (nSPS) is 15.4. The molecule has 0 atom stereocenters. The molecule has 1 amide bonds. The number of anilines is 1. The molecule has 0 radical (unpaired) electrons. The monoisotopic (exact) mass is 340 g/mol. The van der Waals surface area contributed by atoms with Crippen LogP contribution in [0.15, 0.2) is 18.2 Å². The van der Waals surface area contributed by atoms with Crippen molar-refractivity contribution in [2.24, 2.45) is 5.92 Å². The van der Waals surface area contributed by atoms with Gasteiger partial charge in [0.1, 0.15) is 5.75 Å². The van der Waals surface area contributed by atoms with Crippen LogP contribution in [0.5, 0.6) is 5.75 Å². The number of piperidine rings is 1. The predicted octanol–water partition coefficient (Wildman–Crippen LogP) is 3.30. The highest BCUT2D eigenvalue weighted by Gasteiger charge is 2.21. The van der Waals surface area contributed by atoms with Crippen molar-refractivity contribution < 1.29 is 18.3 Å². The molecule has 1 aromatic carbocycles. The molecule has 4 nitrogen and oxygen atoms in total. The van der Waals surface area contributed by atoms with Crippen LogP contribution < -0.4 is 15.4 Å². The summed E-state index contributed by atoms with van der Waals surface area (Å²) in [5.74, 6) is -0.223. The van der Waals surface area contributed by atoms with Crippen LogP contribution in [0.25, 0.3) is 0 Å². The van der Waals surface area contributed by atoms with Crippen LogP contribution in [-0.2, 0) is 4.79 Å². The largest absolute Gasteiger partial charge is 0.433 e. The number of hydrogen-bond donors (Lipinski definition) is 2. The van der Waals surface area contributed by atoms with Gasteiger partial charge in [-0.05, 0) is 44.1 Å². The minimum atomic E-state index is -2.93. The molecule has 1 aliphatic rings. The molecular formula is C13H16Cl2F2N2O2. The van der Waals surface area contributed by atoms with Gasteiger partial charge in [-0.15, -0.1) is 12.4 Å². The third-order valence-corrected chi connectivity index (χ3v) is 3.42. The van der Waals surface area contributed by atoms with Gasteiger partial charge < -0.3 is 15.4 Å². The van der Waals surface area contributed by atoms with Crippen molar-refractivity contribution in [3.63, 3.8) is 0 Å². The van der Waals surface area contributed by atoms with Gasteiger partial charge in [0.05, 0.1) is 5.02 Å². The quantitative estimate of drug-likeness (QED) is 0.884. The Hall–Kier alpha value is -1.11. The predicted molar refractivity (Wildman–Crippen MR) is 79.6 cm³/mol. The molecule has 1 aliphatic heterocycles. The molecule has 0 saturated carbocycles. The summed E-state index contributed by atoms with van der Waals surface area (Å²) in [5.41, 5.74) is 0.472.